The summed E-state index contributed by atoms with van der Waals surface area (Å²) >= 11 is 6.20. The van der Waals surface area contributed by atoms with E-state index in [-0.39, 0.29) is 72.1 Å². The van der Waals surface area contributed by atoms with Gasteiger partial charge in [0.1, 0.15) is 18.1 Å². The molecule has 7 rings (SSSR count). The number of rotatable bonds is 5. The van der Waals surface area contributed by atoms with E-state index in [4.69, 9.17) is 16.6 Å². The van der Waals surface area contributed by atoms with Crippen molar-refractivity contribution < 1.29 is 27.9 Å². The van der Waals surface area contributed by atoms with Crippen molar-refractivity contribution in [3.63, 3.8) is 0 Å². The first-order valence-corrected chi connectivity index (χ1v) is 17.2. The number of hydrogen-bond donors (Lipinski definition) is 2. The fourth-order valence-corrected chi connectivity index (χ4v) is 7.38. The highest BCUT2D eigenvalue weighted by Gasteiger charge is 2.41. The molecule has 1 saturated heterocycles. The first kappa shape index (κ1) is 34.5. The fraction of sp³-hybridized carbons (Fsp3) is 0.441. The molecule has 1 aliphatic carbocycles. The van der Waals surface area contributed by atoms with Crippen LogP contribution in [0.4, 0.5) is 24.5 Å². The van der Waals surface area contributed by atoms with Gasteiger partial charge in [0, 0.05) is 32.1 Å². The molecule has 0 unspecified atom stereocenters. The standard InChI is InChI=1S/C34H35ClF3N9O4/c1-18-15-24(30(49)41-23-10-9-21(16-22(23)35)34(36,37)38)46-26(18)27(32(51)47-33(46)42-29(43-47)20-7-5-3-4-6-8-20)44-11-13-45(14-12-44)31(50)25-28(48)19(2)39-17-40-25/h7,9-10,16-18,24,48H,3-6,8,11-15H2,1-2H3,(H,41,49)/t18-,24-/m1/s1. The molecular formula is C34H35ClF3N9O4. The summed E-state index contributed by atoms with van der Waals surface area (Å²) in [4.78, 5) is 57.8. The quantitative estimate of drug-likeness (QED) is 0.277. The lowest BCUT2D eigenvalue weighted by Gasteiger charge is -2.36. The number of aryl methyl sites for hydroxylation is 1. The summed E-state index contributed by atoms with van der Waals surface area (Å²) < 4.78 is 42.8. The minimum atomic E-state index is -4.60. The molecule has 17 heteroatoms. The highest BCUT2D eigenvalue weighted by Crippen LogP contribution is 2.42. The molecule has 1 fully saturated rings. The third-order valence-corrected chi connectivity index (χ3v) is 10.1. The van der Waals surface area contributed by atoms with E-state index in [0.29, 0.717) is 17.2 Å². The number of allylic oxidation sites excluding steroid dienone is 2. The van der Waals surface area contributed by atoms with Gasteiger partial charge in [0.25, 0.3) is 11.5 Å². The molecule has 5 heterocycles. The summed E-state index contributed by atoms with van der Waals surface area (Å²) in [5.74, 6) is -1.000. The Morgan fingerprint density at radius 2 is 1.84 bits per heavy atom. The number of halogens is 4. The Balaban J connectivity index is 1.27. The van der Waals surface area contributed by atoms with Crippen LogP contribution in [0.5, 0.6) is 5.75 Å². The van der Waals surface area contributed by atoms with E-state index in [9.17, 15) is 32.7 Å². The number of aromatic hydroxyl groups is 1. The number of carbonyl (C=O) groups is 2. The summed E-state index contributed by atoms with van der Waals surface area (Å²) in [6.45, 7) is 4.44. The highest BCUT2D eigenvalue weighted by atomic mass is 35.5. The van der Waals surface area contributed by atoms with Crippen molar-refractivity contribution in [1.29, 1.82) is 0 Å². The molecule has 51 heavy (non-hydrogen) atoms. The van der Waals surface area contributed by atoms with Crippen LogP contribution in [0.3, 0.4) is 0 Å². The van der Waals surface area contributed by atoms with Gasteiger partial charge < -0.3 is 20.2 Å². The van der Waals surface area contributed by atoms with Crippen molar-refractivity contribution in [2.45, 2.75) is 70.5 Å². The monoisotopic (exact) mass is 725 g/mol. The van der Waals surface area contributed by atoms with Crippen molar-refractivity contribution >= 4 is 46.1 Å². The number of amides is 2. The predicted octanol–water partition coefficient (Wildman–Crippen LogP) is 5.36. The molecule has 2 aliphatic heterocycles. The van der Waals surface area contributed by atoms with E-state index in [1.165, 1.54) is 10.8 Å². The molecule has 2 N–H and O–H groups in total. The number of carbonyl (C=O) groups excluding carboxylic acids is 2. The molecule has 13 nitrogen and oxygen atoms in total. The van der Waals surface area contributed by atoms with Crippen molar-refractivity contribution in [1.82, 2.24) is 34.0 Å². The molecule has 0 saturated carbocycles. The number of hydrogen-bond acceptors (Lipinski definition) is 9. The number of nitrogens with one attached hydrogen (secondary N) is 1. The Hall–Kier alpha value is -4.99. The minimum absolute atomic E-state index is 0.0181. The van der Waals surface area contributed by atoms with E-state index in [0.717, 1.165) is 55.9 Å². The van der Waals surface area contributed by atoms with Gasteiger partial charge in [0.15, 0.2) is 17.3 Å². The molecule has 1 aromatic carbocycles. The normalized spacial score (nSPS) is 19.5. The molecule has 2 amide bonds. The molecule has 2 atom stereocenters. The summed E-state index contributed by atoms with van der Waals surface area (Å²) in [7, 11) is 0. The fourth-order valence-electron chi connectivity index (χ4n) is 7.15. The third kappa shape index (κ3) is 6.29. The average Bonchev–Trinajstić information content (AvgIpc) is 3.57. The third-order valence-electron chi connectivity index (χ3n) is 9.83. The van der Waals surface area contributed by atoms with Gasteiger partial charge in [-0.3, -0.25) is 19.0 Å². The maximum absolute atomic E-state index is 14.4. The van der Waals surface area contributed by atoms with Crippen LogP contribution in [0.1, 0.15) is 90.7 Å². The molecule has 0 radical (unpaired) electrons. The van der Waals surface area contributed by atoms with Crippen molar-refractivity contribution in [3.05, 3.63) is 74.4 Å². The number of fused-ring (bicyclic) bond motifs is 3. The highest BCUT2D eigenvalue weighted by molar-refractivity contribution is 6.33. The van der Waals surface area contributed by atoms with Crippen LogP contribution < -0.4 is 15.8 Å². The van der Waals surface area contributed by atoms with Gasteiger partial charge >= 0.3 is 6.18 Å². The summed E-state index contributed by atoms with van der Waals surface area (Å²) in [5.41, 5.74) is 0.673. The van der Waals surface area contributed by atoms with Crippen molar-refractivity contribution in [2.75, 3.05) is 36.4 Å². The molecule has 3 aromatic heterocycles. The topological polar surface area (TPSA) is 151 Å². The van der Waals surface area contributed by atoms with E-state index in [1.54, 1.807) is 16.4 Å². The molecule has 0 bridgehead atoms. The number of piperazine rings is 1. The smallest absolute Gasteiger partial charge is 0.416 e. The lowest BCUT2D eigenvalue weighted by atomic mass is 10.0. The lowest BCUT2D eigenvalue weighted by molar-refractivity contribution is -0.137. The van der Waals surface area contributed by atoms with E-state index in [2.05, 4.69) is 26.5 Å². The van der Waals surface area contributed by atoms with Gasteiger partial charge in [-0.2, -0.15) is 22.7 Å². The first-order chi connectivity index (χ1) is 24.3. The summed E-state index contributed by atoms with van der Waals surface area (Å²) in [5, 5.41) is 17.5. The zero-order valence-corrected chi connectivity index (χ0v) is 28.6. The zero-order chi connectivity index (χ0) is 36.2. The van der Waals surface area contributed by atoms with Crippen LogP contribution in [0.2, 0.25) is 5.02 Å². The van der Waals surface area contributed by atoms with Gasteiger partial charge in [-0.1, -0.05) is 31.0 Å². The van der Waals surface area contributed by atoms with Gasteiger partial charge in [-0.25, -0.2) is 9.97 Å². The Kier molecular flexibility index (Phi) is 8.98. The van der Waals surface area contributed by atoms with Crippen molar-refractivity contribution in [2.24, 2.45) is 0 Å². The Morgan fingerprint density at radius 1 is 1.08 bits per heavy atom. The molecule has 4 aromatic rings. The first-order valence-electron chi connectivity index (χ1n) is 16.8. The average molecular weight is 726 g/mol. The maximum atomic E-state index is 14.4. The number of aromatic nitrogens is 6. The van der Waals surface area contributed by atoms with Crippen LogP contribution in [0.15, 0.2) is 35.4 Å². The van der Waals surface area contributed by atoms with E-state index in [1.807, 2.05) is 11.8 Å². The number of benzene rings is 1. The van der Waals surface area contributed by atoms with Gasteiger partial charge in [0.2, 0.25) is 11.7 Å². The summed E-state index contributed by atoms with van der Waals surface area (Å²) in [6, 6.07) is 1.83. The molecule has 3 aliphatic rings. The largest absolute Gasteiger partial charge is 0.504 e. The molecule has 268 valence electrons. The second-order valence-corrected chi connectivity index (χ2v) is 13.6. The van der Waals surface area contributed by atoms with Gasteiger partial charge in [0.05, 0.1) is 27.7 Å². The Morgan fingerprint density at radius 3 is 2.57 bits per heavy atom. The van der Waals surface area contributed by atoms with Gasteiger partial charge in [-0.05, 0) is 62.8 Å². The maximum Gasteiger partial charge on any atom is 0.416 e. The molecule has 0 spiro atoms. The van der Waals surface area contributed by atoms with E-state index < -0.39 is 35.2 Å². The number of anilines is 2. The number of nitrogens with zero attached hydrogens (tertiary/aromatic N) is 8. The van der Waals surface area contributed by atoms with Crippen LogP contribution in [-0.2, 0) is 11.0 Å². The van der Waals surface area contributed by atoms with Crippen LogP contribution in [0, 0.1) is 6.92 Å². The molecular weight excluding hydrogens is 691 g/mol. The van der Waals surface area contributed by atoms with Crippen LogP contribution >= 0.6 is 11.6 Å². The van der Waals surface area contributed by atoms with Crippen LogP contribution in [0.25, 0.3) is 11.4 Å². The number of alkyl halides is 3. The van der Waals surface area contributed by atoms with Gasteiger partial charge in [-0.15, -0.1) is 5.10 Å². The van der Waals surface area contributed by atoms with E-state index >= 15 is 0 Å². The SMILES string of the molecule is Cc1ncnc(C(=O)N2CCN(c3c4n(c5nc(C6=CCCCCC6)nn5c3=O)[C@@H](C(=O)Nc3ccc(C(F)(F)F)cc3Cl)C[C@H]4C)CC2)c1O. The minimum Gasteiger partial charge on any atom is -0.504 e. The Labute approximate surface area is 294 Å². The predicted molar refractivity (Wildman–Crippen MR) is 182 cm³/mol. The lowest BCUT2D eigenvalue weighted by Crippen LogP contribution is -2.51. The summed E-state index contributed by atoms with van der Waals surface area (Å²) in [6.07, 6.45) is 3.62. The van der Waals surface area contributed by atoms with Crippen molar-refractivity contribution in [3.8, 4) is 5.75 Å². The van der Waals surface area contributed by atoms with Crippen LogP contribution in [-0.4, -0.2) is 77.1 Å². The zero-order valence-electron chi connectivity index (χ0n) is 27.9. The Bertz CT molecular complexity index is 2140. The second-order valence-electron chi connectivity index (χ2n) is 13.2. The second kappa shape index (κ2) is 13.3.